The fraction of sp³-hybridized carbons (Fsp3) is 0.286. The standard InChI is InChI=1S/C14H13F3O2S/c1-9-6-7-13(20-9)11(18)8-19-12-5-3-2-4-10(12)14(15,16)17/h2-7,11,18H,8H2,1H3. The molecule has 0 aliphatic rings. The van der Waals surface area contributed by atoms with Crippen molar-refractivity contribution in [3.05, 3.63) is 51.7 Å². The normalized spacial score (nSPS) is 13.2. The van der Waals surface area contributed by atoms with Gasteiger partial charge in [-0.25, -0.2) is 0 Å². The van der Waals surface area contributed by atoms with Crippen molar-refractivity contribution in [1.82, 2.24) is 0 Å². The van der Waals surface area contributed by atoms with Crippen LogP contribution in [-0.4, -0.2) is 11.7 Å². The Morgan fingerprint density at radius 2 is 1.90 bits per heavy atom. The molecule has 2 rings (SSSR count). The molecule has 0 amide bonds. The molecule has 0 spiro atoms. The smallest absolute Gasteiger partial charge is 0.419 e. The molecule has 0 saturated carbocycles. The largest absolute Gasteiger partial charge is 0.490 e. The number of para-hydroxylation sites is 1. The molecule has 0 radical (unpaired) electrons. The van der Waals surface area contributed by atoms with Gasteiger partial charge in [0, 0.05) is 9.75 Å². The molecule has 1 heterocycles. The van der Waals surface area contributed by atoms with E-state index in [1.165, 1.54) is 29.5 Å². The highest BCUT2D eigenvalue weighted by Crippen LogP contribution is 2.36. The van der Waals surface area contributed by atoms with Crippen LogP contribution in [-0.2, 0) is 6.18 Å². The molecule has 0 aliphatic heterocycles. The Bertz CT molecular complexity index is 578. The van der Waals surface area contributed by atoms with Crippen LogP contribution in [0.3, 0.4) is 0 Å². The molecule has 2 nitrogen and oxygen atoms in total. The summed E-state index contributed by atoms with van der Waals surface area (Å²) in [4.78, 5) is 1.70. The van der Waals surface area contributed by atoms with Gasteiger partial charge in [0.05, 0.1) is 5.56 Å². The van der Waals surface area contributed by atoms with Crippen molar-refractivity contribution < 1.29 is 23.0 Å². The Morgan fingerprint density at radius 1 is 1.20 bits per heavy atom. The lowest BCUT2D eigenvalue weighted by Crippen LogP contribution is -2.12. The van der Waals surface area contributed by atoms with Crippen molar-refractivity contribution in [2.24, 2.45) is 0 Å². The number of aliphatic hydroxyl groups is 1. The molecule has 108 valence electrons. The van der Waals surface area contributed by atoms with Gasteiger partial charge >= 0.3 is 6.18 Å². The van der Waals surface area contributed by atoms with Crippen molar-refractivity contribution in [1.29, 1.82) is 0 Å². The molecule has 1 unspecified atom stereocenters. The zero-order chi connectivity index (χ0) is 14.8. The molecule has 6 heteroatoms. The highest BCUT2D eigenvalue weighted by Gasteiger charge is 2.34. The lowest BCUT2D eigenvalue weighted by molar-refractivity contribution is -0.139. The zero-order valence-corrected chi connectivity index (χ0v) is 11.5. The van der Waals surface area contributed by atoms with E-state index in [1.807, 2.05) is 13.0 Å². The number of hydrogen-bond acceptors (Lipinski definition) is 3. The molecule has 1 aromatic heterocycles. The third kappa shape index (κ3) is 3.52. The highest BCUT2D eigenvalue weighted by atomic mass is 32.1. The van der Waals surface area contributed by atoms with E-state index in [0.717, 1.165) is 10.9 Å². The maximum absolute atomic E-state index is 12.8. The molecule has 20 heavy (non-hydrogen) atoms. The van der Waals surface area contributed by atoms with Crippen LogP contribution in [0.5, 0.6) is 5.75 Å². The van der Waals surface area contributed by atoms with Gasteiger partial charge in [-0.15, -0.1) is 11.3 Å². The van der Waals surface area contributed by atoms with Crippen LogP contribution in [0.2, 0.25) is 0 Å². The van der Waals surface area contributed by atoms with E-state index in [-0.39, 0.29) is 12.4 Å². The molecule has 1 N–H and O–H groups in total. The second kappa shape index (κ2) is 5.85. The summed E-state index contributed by atoms with van der Waals surface area (Å²) in [6, 6.07) is 8.55. The number of aliphatic hydroxyl groups excluding tert-OH is 1. The van der Waals surface area contributed by atoms with Crippen molar-refractivity contribution in [2.75, 3.05) is 6.61 Å². The van der Waals surface area contributed by atoms with E-state index in [9.17, 15) is 18.3 Å². The molecule has 0 bridgehead atoms. The third-order valence-corrected chi connectivity index (χ3v) is 3.78. The van der Waals surface area contributed by atoms with Gasteiger partial charge in [-0.3, -0.25) is 0 Å². The minimum Gasteiger partial charge on any atom is -0.490 e. The van der Waals surface area contributed by atoms with Crippen LogP contribution < -0.4 is 4.74 Å². The van der Waals surface area contributed by atoms with Gasteiger partial charge in [-0.2, -0.15) is 13.2 Å². The Labute approximate surface area is 118 Å². The Kier molecular flexibility index (Phi) is 4.35. The Balaban J connectivity index is 2.08. The van der Waals surface area contributed by atoms with E-state index in [2.05, 4.69) is 0 Å². The molecule has 1 atom stereocenters. The Morgan fingerprint density at radius 3 is 2.50 bits per heavy atom. The summed E-state index contributed by atoms with van der Waals surface area (Å²) in [7, 11) is 0. The van der Waals surface area contributed by atoms with Crippen molar-refractivity contribution in [3.8, 4) is 5.75 Å². The highest BCUT2D eigenvalue weighted by molar-refractivity contribution is 7.12. The maximum Gasteiger partial charge on any atom is 0.419 e. The van der Waals surface area contributed by atoms with Gasteiger partial charge in [0.25, 0.3) is 0 Å². The predicted octanol–water partition coefficient (Wildman–Crippen LogP) is 4.19. The number of aryl methyl sites for hydroxylation is 1. The van der Waals surface area contributed by atoms with E-state index < -0.39 is 17.8 Å². The quantitative estimate of drug-likeness (QED) is 0.917. The number of alkyl halides is 3. The van der Waals surface area contributed by atoms with E-state index in [4.69, 9.17) is 4.74 Å². The van der Waals surface area contributed by atoms with Crippen LogP contribution >= 0.6 is 11.3 Å². The summed E-state index contributed by atoms with van der Waals surface area (Å²) in [6.45, 7) is 1.67. The van der Waals surface area contributed by atoms with Crippen LogP contribution in [0, 0.1) is 6.92 Å². The minimum absolute atomic E-state index is 0.215. The van der Waals surface area contributed by atoms with Crippen molar-refractivity contribution in [2.45, 2.75) is 19.2 Å². The molecular formula is C14H13F3O2S. The molecule has 1 aromatic carbocycles. The van der Waals surface area contributed by atoms with Crippen molar-refractivity contribution >= 4 is 11.3 Å². The van der Waals surface area contributed by atoms with Gasteiger partial charge < -0.3 is 9.84 Å². The summed E-state index contributed by atoms with van der Waals surface area (Å²) in [5.41, 5.74) is -0.838. The molecule has 0 saturated heterocycles. The summed E-state index contributed by atoms with van der Waals surface area (Å²) >= 11 is 1.39. The first-order valence-electron chi connectivity index (χ1n) is 5.91. The minimum atomic E-state index is -4.47. The van der Waals surface area contributed by atoms with Gasteiger partial charge in [0.1, 0.15) is 18.5 Å². The fourth-order valence-corrected chi connectivity index (χ4v) is 2.56. The number of benzene rings is 1. The van der Waals surface area contributed by atoms with Gasteiger partial charge in [0.2, 0.25) is 0 Å². The topological polar surface area (TPSA) is 29.5 Å². The fourth-order valence-electron chi connectivity index (χ4n) is 1.71. The molecular weight excluding hydrogens is 289 g/mol. The molecule has 0 aliphatic carbocycles. The second-order valence-electron chi connectivity index (χ2n) is 4.27. The van der Waals surface area contributed by atoms with Gasteiger partial charge in [0.15, 0.2) is 0 Å². The third-order valence-electron chi connectivity index (χ3n) is 2.68. The van der Waals surface area contributed by atoms with Gasteiger partial charge in [-0.05, 0) is 31.2 Å². The van der Waals surface area contributed by atoms with Crippen LogP contribution in [0.25, 0.3) is 0 Å². The average molecular weight is 302 g/mol. The maximum atomic E-state index is 12.8. The van der Waals surface area contributed by atoms with Crippen molar-refractivity contribution in [3.63, 3.8) is 0 Å². The number of hydrogen-bond donors (Lipinski definition) is 1. The lowest BCUT2D eigenvalue weighted by Gasteiger charge is -2.15. The first-order chi connectivity index (χ1) is 9.38. The van der Waals surface area contributed by atoms with E-state index >= 15 is 0 Å². The lowest BCUT2D eigenvalue weighted by atomic mass is 10.2. The van der Waals surface area contributed by atoms with Crippen LogP contribution in [0.1, 0.15) is 21.4 Å². The van der Waals surface area contributed by atoms with Crippen LogP contribution in [0.15, 0.2) is 36.4 Å². The Hall–Kier alpha value is -1.53. The first kappa shape index (κ1) is 14.9. The number of rotatable bonds is 4. The second-order valence-corrected chi connectivity index (χ2v) is 5.59. The van der Waals surface area contributed by atoms with Gasteiger partial charge in [-0.1, -0.05) is 12.1 Å². The molecule has 0 fully saturated rings. The monoisotopic (exact) mass is 302 g/mol. The van der Waals surface area contributed by atoms with Crippen LogP contribution in [0.4, 0.5) is 13.2 Å². The summed E-state index contributed by atoms with van der Waals surface area (Å²) in [5, 5.41) is 9.89. The predicted molar refractivity (Wildman–Crippen MR) is 71.0 cm³/mol. The molecule has 2 aromatic rings. The zero-order valence-electron chi connectivity index (χ0n) is 10.6. The average Bonchev–Trinajstić information content (AvgIpc) is 2.82. The number of halogens is 3. The summed E-state index contributed by atoms with van der Waals surface area (Å²) < 4.78 is 43.4. The summed E-state index contributed by atoms with van der Waals surface area (Å²) in [6.07, 6.45) is -5.41. The first-order valence-corrected chi connectivity index (χ1v) is 6.73. The van der Waals surface area contributed by atoms with E-state index in [1.54, 1.807) is 6.07 Å². The van der Waals surface area contributed by atoms with E-state index in [0.29, 0.717) is 4.88 Å². The SMILES string of the molecule is Cc1ccc(C(O)COc2ccccc2C(F)(F)F)s1. The number of thiophene rings is 1. The summed E-state index contributed by atoms with van der Waals surface area (Å²) in [5.74, 6) is -0.271. The number of ether oxygens (including phenoxy) is 1.